The quantitative estimate of drug-likeness (QED) is 0.513. The number of carbonyl (C=O) groups is 2. The van der Waals surface area contributed by atoms with E-state index in [1.54, 1.807) is 48.1 Å². The fraction of sp³-hybridized carbons (Fsp3) is 0.0526. The fourth-order valence-corrected chi connectivity index (χ4v) is 3.35. The van der Waals surface area contributed by atoms with Crippen molar-refractivity contribution in [2.45, 2.75) is 0 Å². The number of amides is 2. The smallest absolute Gasteiger partial charge is 0.314 e. The molecule has 2 N–H and O–H groups in total. The fourth-order valence-electron chi connectivity index (χ4n) is 2.63. The van der Waals surface area contributed by atoms with Crippen LogP contribution in [-0.4, -0.2) is 28.9 Å². The van der Waals surface area contributed by atoms with Crippen molar-refractivity contribution in [2.75, 3.05) is 17.7 Å². The number of ether oxygens (including phenoxy) is 1. The number of methoxy groups -OCH3 is 1. The Kier molecular flexibility index (Phi) is 4.73. The number of hydrogen-bond acceptors (Lipinski definition) is 7. The number of hydrogen-bond donors (Lipinski definition) is 2. The van der Waals surface area contributed by atoms with Crippen molar-refractivity contribution < 1.29 is 18.7 Å². The second kappa shape index (κ2) is 7.49. The Hall–Kier alpha value is -3.72. The van der Waals surface area contributed by atoms with Gasteiger partial charge in [-0.1, -0.05) is 0 Å². The van der Waals surface area contributed by atoms with Crippen molar-refractivity contribution in [3.8, 4) is 17.1 Å². The first kappa shape index (κ1) is 17.7. The van der Waals surface area contributed by atoms with Gasteiger partial charge in [-0.3, -0.25) is 9.59 Å². The van der Waals surface area contributed by atoms with E-state index >= 15 is 0 Å². The van der Waals surface area contributed by atoms with E-state index in [-0.39, 0.29) is 0 Å². The number of carbonyl (C=O) groups excluding carboxylic acids is 2. The van der Waals surface area contributed by atoms with Gasteiger partial charge in [0, 0.05) is 17.4 Å². The van der Waals surface area contributed by atoms with E-state index in [2.05, 4.69) is 20.6 Å². The number of aromatic nitrogens is 2. The van der Waals surface area contributed by atoms with Gasteiger partial charge in [-0.25, -0.2) is 9.97 Å². The molecule has 8 nitrogen and oxygen atoms in total. The van der Waals surface area contributed by atoms with Crippen LogP contribution in [0.5, 0.6) is 5.75 Å². The van der Waals surface area contributed by atoms with Crippen LogP contribution in [0.4, 0.5) is 11.4 Å². The topological polar surface area (TPSA) is 106 Å². The molecule has 0 bridgehead atoms. The first-order chi connectivity index (χ1) is 13.6. The Labute approximate surface area is 163 Å². The summed E-state index contributed by atoms with van der Waals surface area (Å²) < 4.78 is 11.5. The van der Waals surface area contributed by atoms with Gasteiger partial charge in [-0.05, 0) is 30.3 Å². The van der Waals surface area contributed by atoms with Gasteiger partial charge in [0.2, 0.25) is 0 Å². The van der Waals surface area contributed by atoms with Gasteiger partial charge in [-0.2, -0.15) is 0 Å². The molecule has 140 valence electrons. The number of thiazole rings is 1. The molecule has 28 heavy (non-hydrogen) atoms. The third-order valence-corrected chi connectivity index (χ3v) is 4.74. The maximum atomic E-state index is 12.2. The summed E-state index contributed by atoms with van der Waals surface area (Å²) in [5.41, 5.74) is 4.18. The van der Waals surface area contributed by atoms with Crippen LogP contribution in [0.25, 0.3) is 21.5 Å². The highest BCUT2D eigenvalue weighted by Gasteiger charge is 2.16. The zero-order valence-corrected chi connectivity index (χ0v) is 15.4. The number of nitrogens with one attached hydrogen (secondary N) is 2. The lowest BCUT2D eigenvalue weighted by Crippen LogP contribution is -2.29. The lowest BCUT2D eigenvalue weighted by atomic mass is 10.1. The van der Waals surface area contributed by atoms with Gasteiger partial charge in [0.1, 0.15) is 5.75 Å². The van der Waals surface area contributed by atoms with Crippen LogP contribution in [0.1, 0.15) is 0 Å². The van der Waals surface area contributed by atoms with Gasteiger partial charge in [0.15, 0.2) is 12.2 Å². The van der Waals surface area contributed by atoms with Gasteiger partial charge >= 0.3 is 11.8 Å². The maximum absolute atomic E-state index is 12.2. The van der Waals surface area contributed by atoms with Crippen LogP contribution in [0.2, 0.25) is 0 Å². The molecule has 2 aromatic heterocycles. The molecule has 0 fully saturated rings. The Morgan fingerprint density at radius 3 is 2.54 bits per heavy atom. The maximum Gasteiger partial charge on any atom is 0.314 e. The van der Waals surface area contributed by atoms with Crippen molar-refractivity contribution >= 4 is 44.7 Å². The molecule has 2 heterocycles. The minimum absolute atomic E-state index is 0.415. The van der Waals surface area contributed by atoms with Crippen LogP contribution >= 0.6 is 11.3 Å². The molecule has 0 saturated carbocycles. The lowest BCUT2D eigenvalue weighted by Gasteiger charge is -2.10. The van der Waals surface area contributed by atoms with Crippen LogP contribution in [0.15, 0.2) is 58.9 Å². The molecule has 0 atom stereocenters. The van der Waals surface area contributed by atoms with Crippen molar-refractivity contribution in [1.29, 1.82) is 0 Å². The van der Waals surface area contributed by atoms with Crippen LogP contribution in [0, 0.1) is 0 Å². The molecular formula is C19H14N4O4S. The Morgan fingerprint density at radius 2 is 1.82 bits per heavy atom. The molecule has 0 aliphatic heterocycles. The van der Waals surface area contributed by atoms with Gasteiger partial charge in [0.05, 0.1) is 34.6 Å². The zero-order chi connectivity index (χ0) is 19.5. The summed E-state index contributed by atoms with van der Waals surface area (Å²) in [6, 6.07) is 10.2. The molecule has 0 aliphatic rings. The summed E-state index contributed by atoms with van der Waals surface area (Å²) >= 11 is 1.45. The Balaban J connectivity index is 1.47. The molecule has 2 amide bonds. The summed E-state index contributed by atoms with van der Waals surface area (Å²) in [7, 11) is 1.50. The molecule has 9 heteroatoms. The van der Waals surface area contributed by atoms with E-state index in [9.17, 15) is 9.59 Å². The van der Waals surface area contributed by atoms with Gasteiger partial charge in [0.25, 0.3) is 0 Å². The van der Waals surface area contributed by atoms with E-state index in [0.717, 1.165) is 10.2 Å². The van der Waals surface area contributed by atoms with Crippen molar-refractivity contribution in [3.63, 3.8) is 0 Å². The molecule has 0 unspecified atom stereocenters. The molecular weight excluding hydrogens is 380 g/mol. The zero-order valence-electron chi connectivity index (χ0n) is 14.6. The summed E-state index contributed by atoms with van der Waals surface area (Å²) in [5.74, 6) is -0.558. The summed E-state index contributed by atoms with van der Waals surface area (Å²) in [6.07, 6.45) is 2.88. The highest BCUT2D eigenvalue weighted by atomic mass is 32.1. The van der Waals surface area contributed by atoms with E-state index in [1.807, 2.05) is 0 Å². The Bertz CT molecular complexity index is 1150. The SMILES string of the molecule is COc1cc(NC(=O)C(=O)Nc2ccc3ncsc3c2)ccc1-c1cnco1. The van der Waals surface area contributed by atoms with E-state index in [0.29, 0.717) is 28.4 Å². The molecule has 4 rings (SSSR count). The van der Waals surface area contributed by atoms with E-state index < -0.39 is 11.8 Å². The monoisotopic (exact) mass is 394 g/mol. The first-order valence-electron chi connectivity index (χ1n) is 8.16. The molecule has 0 saturated heterocycles. The lowest BCUT2D eigenvalue weighted by molar-refractivity contribution is -0.132. The minimum Gasteiger partial charge on any atom is -0.496 e. The number of benzene rings is 2. The van der Waals surface area contributed by atoms with Crippen molar-refractivity contribution in [3.05, 3.63) is 54.5 Å². The third-order valence-electron chi connectivity index (χ3n) is 3.95. The average Bonchev–Trinajstić information content (AvgIpc) is 3.39. The van der Waals surface area contributed by atoms with Crippen LogP contribution in [-0.2, 0) is 9.59 Å². The second-order valence-corrected chi connectivity index (χ2v) is 6.61. The summed E-state index contributed by atoms with van der Waals surface area (Å²) in [6.45, 7) is 0. The number of anilines is 2. The number of oxazole rings is 1. The van der Waals surface area contributed by atoms with E-state index in [1.165, 1.54) is 24.8 Å². The number of fused-ring (bicyclic) bond motifs is 1. The van der Waals surface area contributed by atoms with Crippen molar-refractivity contribution in [2.24, 2.45) is 0 Å². The molecule has 0 radical (unpaired) electrons. The predicted octanol–water partition coefficient (Wildman–Crippen LogP) is 3.54. The predicted molar refractivity (Wildman–Crippen MR) is 105 cm³/mol. The van der Waals surface area contributed by atoms with Gasteiger partial charge in [-0.15, -0.1) is 11.3 Å². The molecule has 0 spiro atoms. The molecule has 4 aromatic rings. The summed E-state index contributed by atoms with van der Waals surface area (Å²) in [4.78, 5) is 32.5. The summed E-state index contributed by atoms with van der Waals surface area (Å²) in [5, 5.41) is 5.13. The molecule has 0 aliphatic carbocycles. The third kappa shape index (κ3) is 3.55. The Morgan fingerprint density at radius 1 is 1.07 bits per heavy atom. The van der Waals surface area contributed by atoms with Crippen LogP contribution < -0.4 is 15.4 Å². The first-order valence-corrected chi connectivity index (χ1v) is 9.04. The number of rotatable bonds is 4. The second-order valence-electron chi connectivity index (χ2n) is 5.72. The largest absolute Gasteiger partial charge is 0.496 e. The highest BCUT2D eigenvalue weighted by molar-refractivity contribution is 7.16. The van der Waals surface area contributed by atoms with E-state index in [4.69, 9.17) is 9.15 Å². The normalized spacial score (nSPS) is 10.6. The standard InChI is InChI=1S/C19H14N4O4S/c1-26-15-6-11(2-4-13(15)16-8-20-9-27-16)22-18(24)19(25)23-12-3-5-14-17(7-12)28-10-21-14/h2-10H,1H3,(H,22,24)(H,23,25). The highest BCUT2D eigenvalue weighted by Crippen LogP contribution is 2.32. The molecule has 2 aromatic carbocycles. The van der Waals surface area contributed by atoms with Gasteiger partial charge < -0.3 is 19.8 Å². The average molecular weight is 394 g/mol. The number of nitrogens with zero attached hydrogens (tertiary/aromatic N) is 2. The minimum atomic E-state index is -0.793. The van der Waals surface area contributed by atoms with Crippen molar-refractivity contribution in [1.82, 2.24) is 9.97 Å². The van der Waals surface area contributed by atoms with Crippen LogP contribution in [0.3, 0.4) is 0 Å².